The summed E-state index contributed by atoms with van der Waals surface area (Å²) in [6, 6.07) is 0. The topological polar surface area (TPSA) is 34.1 Å². The fourth-order valence-corrected chi connectivity index (χ4v) is 1.24. The van der Waals surface area contributed by atoms with Crippen LogP contribution < -0.4 is 0 Å². The molecule has 0 aliphatic carbocycles. The fourth-order valence-electron chi connectivity index (χ4n) is 0.413. The lowest BCUT2D eigenvalue weighted by Gasteiger charge is -1.93. The number of sulfone groups is 1. The number of rotatable bonds is 3. The smallest absolute Gasteiger partial charge is 0.150 e. The maximum atomic E-state index is 10.5. The van der Waals surface area contributed by atoms with Gasteiger partial charge >= 0.3 is 0 Å². The molecule has 0 aromatic heterocycles. The van der Waals surface area contributed by atoms with Gasteiger partial charge in [-0.2, -0.15) is 0 Å². The van der Waals surface area contributed by atoms with E-state index in [0.717, 1.165) is 0 Å². The molecule has 0 saturated carbocycles. The standard InChI is InChI=1S/C5H11O2S/c1-3-5-8(6,7)4-2/h2-5H2,1H3. The van der Waals surface area contributed by atoms with Crippen LogP contribution in [0, 0.1) is 6.92 Å². The molecular weight excluding hydrogens is 124 g/mol. The molecule has 0 heterocycles. The zero-order valence-electron chi connectivity index (χ0n) is 5.05. The van der Waals surface area contributed by atoms with E-state index in [1.165, 1.54) is 0 Å². The molecule has 0 fully saturated rings. The quantitative estimate of drug-likeness (QED) is 0.569. The van der Waals surface area contributed by atoms with Crippen molar-refractivity contribution in [3.8, 4) is 0 Å². The highest BCUT2D eigenvalue weighted by atomic mass is 32.2. The highest BCUT2D eigenvalue weighted by Gasteiger charge is 2.02. The van der Waals surface area contributed by atoms with Crippen LogP contribution in [0.3, 0.4) is 0 Å². The Morgan fingerprint density at radius 2 is 2.00 bits per heavy atom. The van der Waals surface area contributed by atoms with E-state index in [2.05, 4.69) is 6.92 Å². The van der Waals surface area contributed by atoms with Gasteiger partial charge in [0.2, 0.25) is 0 Å². The molecule has 0 aromatic rings. The Morgan fingerprint density at radius 1 is 1.50 bits per heavy atom. The highest BCUT2D eigenvalue weighted by molar-refractivity contribution is 7.91. The van der Waals surface area contributed by atoms with Gasteiger partial charge in [0, 0.05) is 5.75 Å². The Morgan fingerprint density at radius 3 is 2.12 bits per heavy atom. The highest BCUT2D eigenvalue weighted by Crippen LogP contribution is 1.90. The van der Waals surface area contributed by atoms with Gasteiger partial charge in [-0.3, -0.25) is 0 Å². The zero-order valence-corrected chi connectivity index (χ0v) is 5.87. The van der Waals surface area contributed by atoms with E-state index in [0.29, 0.717) is 6.42 Å². The van der Waals surface area contributed by atoms with E-state index in [4.69, 9.17) is 0 Å². The third-order valence-electron chi connectivity index (χ3n) is 0.826. The van der Waals surface area contributed by atoms with Gasteiger partial charge in [-0.25, -0.2) is 8.42 Å². The minimum atomic E-state index is -2.78. The minimum absolute atomic E-state index is 0.0286. The van der Waals surface area contributed by atoms with Crippen LogP contribution in [0.2, 0.25) is 0 Å². The van der Waals surface area contributed by atoms with Crippen molar-refractivity contribution < 1.29 is 8.42 Å². The van der Waals surface area contributed by atoms with Crippen LogP contribution in [0.4, 0.5) is 0 Å². The van der Waals surface area contributed by atoms with Crippen molar-refractivity contribution in [3.05, 3.63) is 6.92 Å². The summed E-state index contributed by atoms with van der Waals surface area (Å²) < 4.78 is 21.1. The molecule has 0 N–H and O–H groups in total. The predicted octanol–water partition coefficient (Wildman–Crippen LogP) is 0.645. The number of hydrogen-bond acceptors (Lipinski definition) is 2. The second kappa shape index (κ2) is 3.07. The molecule has 49 valence electrons. The lowest BCUT2D eigenvalue weighted by molar-refractivity contribution is 0.597. The molecule has 0 amide bonds. The van der Waals surface area contributed by atoms with E-state index in [9.17, 15) is 8.42 Å². The van der Waals surface area contributed by atoms with Crippen molar-refractivity contribution in [2.75, 3.05) is 11.5 Å². The van der Waals surface area contributed by atoms with Gasteiger partial charge in [0.15, 0.2) is 0 Å². The van der Waals surface area contributed by atoms with Gasteiger partial charge in [-0.1, -0.05) is 6.92 Å². The Kier molecular flexibility index (Phi) is 3.05. The van der Waals surface area contributed by atoms with Crippen molar-refractivity contribution in [1.29, 1.82) is 0 Å². The summed E-state index contributed by atoms with van der Waals surface area (Å²) in [7, 11) is -2.78. The summed E-state index contributed by atoms with van der Waals surface area (Å²) in [5, 5.41) is 0. The van der Waals surface area contributed by atoms with Crippen LogP contribution in [-0.4, -0.2) is 19.9 Å². The van der Waals surface area contributed by atoms with Crippen LogP contribution in [0.15, 0.2) is 0 Å². The van der Waals surface area contributed by atoms with Crippen LogP contribution in [0.1, 0.15) is 13.3 Å². The molecule has 2 nitrogen and oxygen atoms in total. The van der Waals surface area contributed by atoms with Crippen molar-refractivity contribution in [2.45, 2.75) is 13.3 Å². The Labute approximate surface area is 50.8 Å². The van der Waals surface area contributed by atoms with Crippen molar-refractivity contribution in [3.63, 3.8) is 0 Å². The molecule has 0 aliphatic heterocycles. The normalized spacial score (nSPS) is 11.8. The summed E-state index contributed by atoms with van der Waals surface area (Å²) >= 11 is 0. The van der Waals surface area contributed by atoms with Gasteiger partial charge in [-0.05, 0) is 13.3 Å². The molecule has 0 aromatic carbocycles. The molecule has 0 saturated heterocycles. The summed E-state index contributed by atoms with van der Waals surface area (Å²) in [4.78, 5) is 0. The molecule has 1 radical (unpaired) electrons. The first-order valence-electron chi connectivity index (χ1n) is 2.62. The van der Waals surface area contributed by atoms with E-state index < -0.39 is 9.84 Å². The molecule has 0 aliphatic rings. The molecule has 0 bridgehead atoms. The average Bonchev–Trinajstić information content (AvgIpc) is 1.67. The molecular formula is C5H11O2S. The largest absolute Gasteiger partial charge is 0.229 e. The fraction of sp³-hybridized carbons (Fsp3) is 0.800. The average molecular weight is 135 g/mol. The Bertz CT molecular complexity index is 135. The maximum Gasteiger partial charge on any atom is 0.150 e. The minimum Gasteiger partial charge on any atom is -0.229 e. The molecule has 8 heavy (non-hydrogen) atoms. The summed E-state index contributed by atoms with van der Waals surface area (Å²) in [5.41, 5.74) is 0. The second-order valence-corrected chi connectivity index (χ2v) is 3.96. The lowest BCUT2D eigenvalue weighted by Crippen LogP contribution is -2.07. The van der Waals surface area contributed by atoms with E-state index in [1.54, 1.807) is 0 Å². The number of hydrogen-bond donors (Lipinski definition) is 0. The maximum absolute atomic E-state index is 10.5. The van der Waals surface area contributed by atoms with E-state index >= 15 is 0 Å². The van der Waals surface area contributed by atoms with Crippen LogP contribution in [-0.2, 0) is 9.84 Å². The second-order valence-electron chi connectivity index (χ2n) is 1.65. The molecule has 0 spiro atoms. The molecule has 0 rings (SSSR count). The van der Waals surface area contributed by atoms with Gasteiger partial charge in [0.05, 0.1) is 5.75 Å². The van der Waals surface area contributed by atoms with Gasteiger partial charge < -0.3 is 0 Å². The van der Waals surface area contributed by atoms with Crippen LogP contribution in [0.25, 0.3) is 0 Å². The first-order chi connectivity index (χ1) is 3.62. The summed E-state index contributed by atoms with van der Waals surface area (Å²) in [6.45, 7) is 5.13. The summed E-state index contributed by atoms with van der Waals surface area (Å²) in [5.74, 6) is 0.303. The van der Waals surface area contributed by atoms with E-state index in [-0.39, 0.29) is 11.5 Å². The third kappa shape index (κ3) is 3.02. The first-order valence-corrected chi connectivity index (χ1v) is 4.44. The van der Waals surface area contributed by atoms with Crippen molar-refractivity contribution in [2.24, 2.45) is 0 Å². The van der Waals surface area contributed by atoms with Crippen LogP contribution in [0.5, 0.6) is 0 Å². The third-order valence-corrected chi connectivity index (χ3v) is 2.48. The molecule has 0 unspecified atom stereocenters. The Hall–Kier alpha value is -0.0500. The molecule has 3 heteroatoms. The van der Waals surface area contributed by atoms with Gasteiger partial charge in [0.25, 0.3) is 0 Å². The van der Waals surface area contributed by atoms with E-state index in [1.807, 2.05) is 6.92 Å². The summed E-state index contributed by atoms with van der Waals surface area (Å²) in [6.07, 6.45) is 0.692. The van der Waals surface area contributed by atoms with Crippen molar-refractivity contribution >= 4 is 9.84 Å². The van der Waals surface area contributed by atoms with Gasteiger partial charge in [0.1, 0.15) is 9.84 Å². The zero-order chi connectivity index (χ0) is 6.62. The lowest BCUT2D eigenvalue weighted by atomic mass is 10.6. The monoisotopic (exact) mass is 135 g/mol. The SMILES string of the molecule is [CH2]CS(=O)(=O)CCC. The van der Waals surface area contributed by atoms with Crippen molar-refractivity contribution in [1.82, 2.24) is 0 Å². The predicted molar refractivity (Wildman–Crippen MR) is 34.3 cm³/mol. The first kappa shape index (κ1) is 7.95. The Balaban J connectivity index is 3.76. The van der Waals surface area contributed by atoms with Crippen LogP contribution >= 0.6 is 0 Å². The van der Waals surface area contributed by atoms with Gasteiger partial charge in [-0.15, -0.1) is 0 Å². The molecule has 0 atom stereocenters.